The summed E-state index contributed by atoms with van der Waals surface area (Å²) in [5.74, 6) is 0.151. The first kappa shape index (κ1) is 16.7. The third-order valence-electron chi connectivity index (χ3n) is 2.12. The molecule has 1 atom stereocenters. The average Bonchev–Trinajstić information content (AvgIpc) is 2.30. The number of carbonyl (C=O) groups excluding carboxylic acids is 1. The van der Waals surface area contributed by atoms with Crippen molar-refractivity contribution in [3.8, 4) is 5.75 Å². The topological polar surface area (TPSA) is 64.4 Å². The normalized spacial score (nSPS) is 11.3. The van der Waals surface area contributed by atoms with E-state index in [0.29, 0.717) is 25.3 Å². The molecule has 0 heterocycles. The summed E-state index contributed by atoms with van der Waals surface area (Å²) in [4.78, 5) is 11.1. The van der Waals surface area contributed by atoms with Gasteiger partial charge >= 0.3 is 0 Å². The lowest BCUT2D eigenvalue weighted by Gasteiger charge is -2.08. The third-order valence-corrected chi connectivity index (χ3v) is 2.12. The fourth-order valence-electron chi connectivity index (χ4n) is 1.17. The van der Waals surface area contributed by atoms with E-state index in [1.165, 1.54) is 12.1 Å². The van der Waals surface area contributed by atoms with Gasteiger partial charge in [0.1, 0.15) is 11.6 Å². The molecule has 1 amide bonds. The van der Waals surface area contributed by atoms with E-state index >= 15 is 0 Å². The lowest BCUT2D eigenvalue weighted by Crippen LogP contribution is -2.38. The van der Waals surface area contributed by atoms with Crippen LogP contribution in [0, 0.1) is 5.82 Å². The second-order valence-corrected chi connectivity index (χ2v) is 3.74. The Kier molecular flexibility index (Phi) is 8.07. The van der Waals surface area contributed by atoms with Gasteiger partial charge < -0.3 is 15.8 Å². The summed E-state index contributed by atoms with van der Waals surface area (Å²) >= 11 is 0. The number of amides is 1. The highest BCUT2D eigenvalue weighted by Crippen LogP contribution is 2.10. The zero-order valence-corrected chi connectivity index (χ0v) is 11.0. The van der Waals surface area contributed by atoms with Crippen molar-refractivity contribution in [2.24, 2.45) is 5.73 Å². The van der Waals surface area contributed by atoms with Crippen LogP contribution in [0.3, 0.4) is 0 Å². The molecule has 102 valence electrons. The molecule has 1 aromatic rings. The maximum atomic E-state index is 12.6. The van der Waals surface area contributed by atoms with Crippen LogP contribution < -0.4 is 15.8 Å². The standard InChI is InChI=1S/C12H17FN2O2.ClH/c1-9(14)12(16)15-7-2-8-17-11-5-3-10(13)4-6-11;/h3-6,9H,2,7-8,14H2,1H3,(H,15,16);1H. The zero-order valence-electron chi connectivity index (χ0n) is 10.2. The molecule has 0 fully saturated rings. The first-order valence-electron chi connectivity index (χ1n) is 5.51. The Morgan fingerprint density at radius 2 is 2.06 bits per heavy atom. The van der Waals surface area contributed by atoms with Gasteiger partial charge in [0, 0.05) is 6.54 Å². The van der Waals surface area contributed by atoms with Crippen molar-refractivity contribution in [2.45, 2.75) is 19.4 Å². The van der Waals surface area contributed by atoms with Crippen molar-refractivity contribution in [2.75, 3.05) is 13.2 Å². The van der Waals surface area contributed by atoms with Crippen molar-refractivity contribution < 1.29 is 13.9 Å². The van der Waals surface area contributed by atoms with Crippen molar-refractivity contribution >= 4 is 18.3 Å². The highest BCUT2D eigenvalue weighted by molar-refractivity contribution is 5.85. The number of benzene rings is 1. The molecule has 0 aliphatic carbocycles. The Labute approximate surface area is 112 Å². The van der Waals surface area contributed by atoms with Crippen LogP contribution in [0.25, 0.3) is 0 Å². The lowest BCUT2D eigenvalue weighted by molar-refractivity contribution is -0.121. The van der Waals surface area contributed by atoms with E-state index in [-0.39, 0.29) is 24.1 Å². The van der Waals surface area contributed by atoms with Crippen molar-refractivity contribution in [3.05, 3.63) is 30.1 Å². The number of hydrogen-bond donors (Lipinski definition) is 2. The molecular formula is C12H18ClFN2O2. The van der Waals surface area contributed by atoms with E-state index in [1.807, 2.05) is 0 Å². The quantitative estimate of drug-likeness (QED) is 0.774. The van der Waals surface area contributed by atoms with Crippen molar-refractivity contribution in [1.29, 1.82) is 0 Å². The van der Waals surface area contributed by atoms with Gasteiger partial charge in [0.25, 0.3) is 0 Å². The van der Waals surface area contributed by atoms with Gasteiger partial charge in [0.2, 0.25) is 5.91 Å². The SMILES string of the molecule is CC(N)C(=O)NCCCOc1ccc(F)cc1.Cl. The van der Waals surface area contributed by atoms with Gasteiger partial charge in [-0.05, 0) is 37.6 Å². The van der Waals surface area contributed by atoms with Crippen molar-refractivity contribution in [1.82, 2.24) is 5.32 Å². The Balaban J connectivity index is 0.00000289. The van der Waals surface area contributed by atoms with Crippen LogP contribution in [0.5, 0.6) is 5.75 Å². The molecule has 1 aromatic carbocycles. The first-order valence-corrected chi connectivity index (χ1v) is 5.51. The summed E-state index contributed by atoms with van der Waals surface area (Å²) in [5.41, 5.74) is 5.38. The molecule has 0 radical (unpaired) electrons. The molecule has 0 saturated heterocycles. The molecule has 6 heteroatoms. The monoisotopic (exact) mass is 276 g/mol. The Morgan fingerprint density at radius 1 is 1.44 bits per heavy atom. The minimum atomic E-state index is -0.493. The van der Waals surface area contributed by atoms with E-state index in [1.54, 1.807) is 19.1 Å². The number of rotatable bonds is 6. The number of nitrogens with one attached hydrogen (secondary N) is 1. The molecule has 3 N–H and O–H groups in total. The van der Waals surface area contributed by atoms with E-state index in [4.69, 9.17) is 10.5 Å². The summed E-state index contributed by atoms with van der Waals surface area (Å²) in [6.45, 7) is 2.61. The lowest BCUT2D eigenvalue weighted by atomic mass is 10.3. The molecule has 0 bridgehead atoms. The van der Waals surface area contributed by atoms with Gasteiger partial charge in [-0.3, -0.25) is 4.79 Å². The van der Waals surface area contributed by atoms with Gasteiger partial charge in [-0.1, -0.05) is 0 Å². The first-order chi connectivity index (χ1) is 8.09. The maximum Gasteiger partial charge on any atom is 0.236 e. The summed E-state index contributed by atoms with van der Waals surface area (Å²) in [6.07, 6.45) is 0.676. The van der Waals surface area contributed by atoms with Crippen LogP contribution in [0.2, 0.25) is 0 Å². The second-order valence-electron chi connectivity index (χ2n) is 3.74. The van der Waals surface area contributed by atoms with Crippen LogP contribution in [0.15, 0.2) is 24.3 Å². The number of hydrogen-bond acceptors (Lipinski definition) is 3. The largest absolute Gasteiger partial charge is 0.494 e. The molecule has 1 rings (SSSR count). The van der Waals surface area contributed by atoms with Crippen LogP contribution in [-0.2, 0) is 4.79 Å². The molecule has 0 saturated carbocycles. The number of ether oxygens (including phenoxy) is 1. The molecule has 0 spiro atoms. The van der Waals surface area contributed by atoms with Gasteiger partial charge in [-0.2, -0.15) is 0 Å². The predicted molar refractivity (Wildman–Crippen MR) is 70.4 cm³/mol. The highest BCUT2D eigenvalue weighted by atomic mass is 35.5. The van der Waals surface area contributed by atoms with Gasteiger partial charge in [0.05, 0.1) is 12.6 Å². The van der Waals surface area contributed by atoms with E-state index < -0.39 is 6.04 Å². The predicted octanol–water partition coefficient (Wildman–Crippen LogP) is 1.48. The minimum Gasteiger partial charge on any atom is -0.494 e. The second kappa shape index (κ2) is 8.72. The molecule has 0 aliphatic heterocycles. The fourth-order valence-corrected chi connectivity index (χ4v) is 1.17. The van der Waals surface area contributed by atoms with Gasteiger partial charge in [-0.25, -0.2) is 4.39 Å². The van der Waals surface area contributed by atoms with E-state index in [9.17, 15) is 9.18 Å². The molecule has 4 nitrogen and oxygen atoms in total. The molecule has 18 heavy (non-hydrogen) atoms. The van der Waals surface area contributed by atoms with E-state index in [2.05, 4.69) is 5.32 Å². The summed E-state index contributed by atoms with van der Waals surface area (Å²) < 4.78 is 17.9. The average molecular weight is 277 g/mol. The van der Waals surface area contributed by atoms with Gasteiger partial charge in [-0.15, -0.1) is 12.4 Å². The highest BCUT2D eigenvalue weighted by Gasteiger charge is 2.04. The maximum absolute atomic E-state index is 12.6. The smallest absolute Gasteiger partial charge is 0.236 e. The van der Waals surface area contributed by atoms with Gasteiger partial charge in [0.15, 0.2) is 0 Å². The minimum absolute atomic E-state index is 0. The molecule has 0 aromatic heterocycles. The third kappa shape index (κ3) is 6.42. The van der Waals surface area contributed by atoms with E-state index in [0.717, 1.165) is 0 Å². The fraction of sp³-hybridized carbons (Fsp3) is 0.417. The summed E-state index contributed by atoms with van der Waals surface area (Å²) in [6, 6.07) is 5.32. The summed E-state index contributed by atoms with van der Waals surface area (Å²) in [7, 11) is 0. The summed E-state index contributed by atoms with van der Waals surface area (Å²) in [5, 5.41) is 2.67. The molecular weight excluding hydrogens is 259 g/mol. The Morgan fingerprint density at radius 3 is 2.61 bits per heavy atom. The van der Waals surface area contributed by atoms with Crippen LogP contribution >= 0.6 is 12.4 Å². The molecule has 0 aliphatic rings. The number of halogens is 2. The Bertz CT molecular complexity index is 358. The number of carbonyl (C=O) groups is 1. The van der Waals surface area contributed by atoms with Crippen LogP contribution in [-0.4, -0.2) is 25.1 Å². The van der Waals surface area contributed by atoms with Crippen LogP contribution in [0.1, 0.15) is 13.3 Å². The Hall–Kier alpha value is -1.33. The van der Waals surface area contributed by atoms with Crippen molar-refractivity contribution in [3.63, 3.8) is 0 Å². The van der Waals surface area contributed by atoms with Crippen LogP contribution in [0.4, 0.5) is 4.39 Å². The molecule has 1 unspecified atom stereocenters. The zero-order chi connectivity index (χ0) is 12.7. The number of nitrogens with two attached hydrogens (primary N) is 1.